The van der Waals surface area contributed by atoms with Gasteiger partial charge in [-0.25, -0.2) is 0 Å². The number of aliphatic hydroxyl groups is 3. The Bertz CT molecular complexity index is 709. The molecule has 3 saturated heterocycles. The molecule has 130 valence electrons. The molecule has 0 radical (unpaired) electrons. The van der Waals surface area contributed by atoms with E-state index in [0.717, 1.165) is 37.8 Å². The van der Waals surface area contributed by atoms with Crippen molar-refractivity contribution in [1.82, 2.24) is 4.90 Å². The van der Waals surface area contributed by atoms with E-state index in [1.165, 1.54) is 0 Å². The Balaban J connectivity index is 1.54. The molecule has 3 heterocycles. The molecule has 6 saturated carbocycles. The first-order valence-corrected chi connectivity index (χ1v) is 9.83. The van der Waals surface area contributed by atoms with Crippen molar-refractivity contribution in [3.05, 3.63) is 12.2 Å². The number of hydrogen-bond acceptors (Lipinski definition) is 4. The second-order valence-electron chi connectivity index (χ2n) is 10.8. The van der Waals surface area contributed by atoms with E-state index in [1.54, 1.807) is 0 Å². The summed E-state index contributed by atoms with van der Waals surface area (Å²) in [4.78, 5) is 2.73. The maximum absolute atomic E-state index is 11.3. The normalized spacial score (nSPS) is 76.1. The van der Waals surface area contributed by atoms with Gasteiger partial charge in [0.1, 0.15) is 0 Å². The van der Waals surface area contributed by atoms with Crippen LogP contribution in [0.2, 0.25) is 0 Å². The van der Waals surface area contributed by atoms with Crippen molar-refractivity contribution in [1.29, 1.82) is 0 Å². The van der Waals surface area contributed by atoms with Crippen molar-refractivity contribution in [3.63, 3.8) is 0 Å². The minimum absolute atomic E-state index is 0.0358. The van der Waals surface area contributed by atoms with Crippen LogP contribution >= 0.6 is 0 Å². The smallest absolute Gasteiger partial charge is 0.0679 e. The molecule has 13 atom stereocenters. The molecule has 9 bridgehead atoms. The van der Waals surface area contributed by atoms with Crippen molar-refractivity contribution in [2.24, 2.45) is 39.9 Å². The molecule has 9 fully saturated rings. The van der Waals surface area contributed by atoms with Crippen LogP contribution in [0.25, 0.3) is 0 Å². The summed E-state index contributed by atoms with van der Waals surface area (Å²) >= 11 is 0. The largest absolute Gasteiger partial charge is 0.393 e. The van der Waals surface area contributed by atoms with Gasteiger partial charge in [0.15, 0.2) is 0 Å². The maximum Gasteiger partial charge on any atom is 0.0679 e. The van der Waals surface area contributed by atoms with E-state index in [1.807, 2.05) is 0 Å². The topological polar surface area (TPSA) is 63.9 Å². The number of rotatable bonds is 0. The van der Waals surface area contributed by atoms with Crippen LogP contribution in [-0.2, 0) is 0 Å². The Morgan fingerprint density at radius 3 is 2.67 bits per heavy atom. The molecule has 0 amide bonds. The van der Waals surface area contributed by atoms with E-state index in [-0.39, 0.29) is 40.1 Å². The monoisotopic (exact) mass is 329 g/mol. The van der Waals surface area contributed by atoms with Gasteiger partial charge in [-0.3, -0.25) is 4.90 Å². The summed E-state index contributed by atoms with van der Waals surface area (Å²) in [6.07, 6.45) is 2.76. The predicted octanol–water partition coefficient (Wildman–Crippen LogP) is 0.764. The minimum atomic E-state index is -0.460. The van der Waals surface area contributed by atoms with Gasteiger partial charge in [0.25, 0.3) is 0 Å². The van der Waals surface area contributed by atoms with E-state index >= 15 is 0 Å². The van der Waals surface area contributed by atoms with Crippen LogP contribution < -0.4 is 0 Å². The summed E-state index contributed by atoms with van der Waals surface area (Å²) in [5.74, 6) is 1.02. The van der Waals surface area contributed by atoms with Gasteiger partial charge in [-0.1, -0.05) is 19.1 Å². The van der Waals surface area contributed by atoms with E-state index < -0.39 is 12.2 Å². The molecule has 3 aliphatic heterocycles. The van der Waals surface area contributed by atoms with Crippen molar-refractivity contribution >= 4 is 0 Å². The van der Waals surface area contributed by atoms with Crippen LogP contribution in [0.5, 0.6) is 0 Å². The second-order valence-corrected chi connectivity index (χ2v) is 10.8. The van der Waals surface area contributed by atoms with Gasteiger partial charge < -0.3 is 15.3 Å². The molecule has 0 aromatic rings. The van der Waals surface area contributed by atoms with Crippen molar-refractivity contribution < 1.29 is 15.3 Å². The van der Waals surface area contributed by atoms with E-state index in [0.29, 0.717) is 18.0 Å². The Labute approximate surface area is 142 Å². The van der Waals surface area contributed by atoms with E-state index in [2.05, 4.69) is 18.4 Å². The molecule has 4 heteroatoms. The number of fused-ring (bicyclic) bond motifs is 1. The molecule has 24 heavy (non-hydrogen) atoms. The molecule has 3 N–H and O–H groups in total. The molecular formula is C20H27NO3. The molecule has 9 aliphatic rings. The van der Waals surface area contributed by atoms with Crippen molar-refractivity contribution in [2.75, 3.05) is 6.54 Å². The lowest BCUT2D eigenvalue weighted by atomic mass is 9.39. The zero-order valence-corrected chi connectivity index (χ0v) is 14.2. The lowest BCUT2D eigenvalue weighted by Crippen LogP contribution is -2.67. The van der Waals surface area contributed by atoms with Gasteiger partial charge in [0.2, 0.25) is 0 Å². The summed E-state index contributed by atoms with van der Waals surface area (Å²) in [5, 5.41) is 33.3. The molecule has 7 unspecified atom stereocenters. The third-order valence-corrected chi connectivity index (χ3v) is 10.1. The Morgan fingerprint density at radius 2 is 1.88 bits per heavy atom. The Hall–Kier alpha value is -0.420. The van der Waals surface area contributed by atoms with Crippen LogP contribution in [0.4, 0.5) is 0 Å². The summed E-state index contributed by atoms with van der Waals surface area (Å²) in [6.45, 7) is 7.72. The van der Waals surface area contributed by atoms with Gasteiger partial charge in [-0.2, -0.15) is 0 Å². The average Bonchev–Trinajstić information content (AvgIpc) is 2.88. The first-order chi connectivity index (χ1) is 11.4. The number of piperidine rings is 2. The summed E-state index contributed by atoms with van der Waals surface area (Å²) in [5.41, 5.74) is 1.37. The number of nitrogens with zero attached hydrogens (tertiary/aromatic N) is 1. The van der Waals surface area contributed by atoms with Gasteiger partial charge >= 0.3 is 0 Å². The zero-order chi connectivity index (χ0) is 16.4. The van der Waals surface area contributed by atoms with Crippen LogP contribution in [0.15, 0.2) is 12.2 Å². The van der Waals surface area contributed by atoms with E-state index in [9.17, 15) is 15.3 Å². The average molecular weight is 329 g/mol. The molecule has 2 spiro atoms. The van der Waals surface area contributed by atoms with Crippen LogP contribution in [-0.4, -0.2) is 57.2 Å². The first kappa shape index (κ1) is 13.7. The SMILES string of the molecule is C=C1C[C@]23CC4C5C67C[C@@H](O)C[C@@]5(C)CN4C6C2[C@H](O)[C@H]1[C@@H](O)C73. The lowest BCUT2D eigenvalue weighted by Gasteiger charge is -2.65. The highest BCUT2D eigenvalue weighted by Crippen LogP contribution is 2.86. The Morgan fingerprint density at radius 1 is 1.08 bits per heavy atom. The molecule has 6 aliphatic carbocycles. The van der Waals surface area contributed by atoms with Gasteiger partial charge in [-0.05, 0) is 53.8 Å². The summed E-state index contributed by atoms with van der Waals surface area (Å²) in [6, 6.07) is 0.999. The fourth-order valence-electron chi connectivity index (χ4n) is 10.7. The predicted molar refractivity (Wildman–Crippen MR) is 86.8 cm³/mol. The molecule has 4 nitrogen and oxygen atoms in total. The second kappa shape index (κ2) is 3.40. The molecule has 0 aromatic heterocycles. The van der Waals surface area contributed by atoms with Gasteiger partial charge in [-0.15, -0.1) is 0 Å². The molecule has 0 aromatic carbocycles. The van der Waals surface area contributed by atoms with Crippen LogP contribution in [0.3, 0.4) is 0 Å². The molecule has 9 rings (SSSR count). The third-order valence-electron chi connectivity index (χ3n) is 10.1. The maximum atomic E-state index is 11.3. The fourth-order valence-corrected chi connectivity index (χ4v) is 10.7. The Kier molecular flexibility index (Phi) is 1.95. The highest BCUT2D eigenvalue weighted by Gasteiger charge is 2.90. The highest BCUT2D eigenvalue weighted by atomic mass is 16.3. The number of hydrogen-bond donors (Lipinski definition) is 3. The fraction of sp³-hybridized carbons (Fsp3) is 0.900. The van der Waals surface area contributed by atoms with Crippen molar-refractivity contribution in [2.45, 2.75) is 63.0 Å². The third kappa shape index (κ3) is 0.980. The standard InChI is InChI=1S/C20H27NO3/c1-8-3-19-6-10-15-18(2)4-9(22)5-20(15)16(19)14(24)11(8)13(23)12(19)17(20)21(10)7-18/h9-17,22-24H,1,3-7H2,2H3/t9-,10?,11-,12?,13+,14+,15?,16?,17?,18-,19-,20?/m0/s1. The van der Waals surface area contributed by atoms with Gasteiger partial charge in [0.05, 0.1) is 18.3 Å². The minimum Gasteiger partial charge on any atom is -0.393 e. The van der Waals surface area contributed by atoms with Crippen LogP contribution in [0, 0.1) is 39.9 Å². The lowest BCUT2D eigenvalue weighted by molar-refractivity contribution is -0.213. The van der Waals surface area contributed by atoms with E-state index in [4.69, 9.17) is 0 Å². The first-order valence-electron chi connectivity index (χ1n) is 9.83. The summed E-state index contributed by atoms with van der Waals surface area (Å²) < 4.78 is 0. The van der Waals surface area contributed by atoms with Crippen LogP contribution in [0.1, 0.15) is 32.6 Å². The number of aliphatic hydroxyl groups excluding tert-OH is 3. The van der Waals surface area contributed by atoms with Gasteiger partial charge in [0, 0.05) is 30.5 Å². The van der Waals surface area contributed by atoms with Crippen molar-refractivity contribution in [3.8, 4) is 0 Å². The zero-order valence-electron chi connectivity index (χ0n) is 14.2. The highest BCUT2D eigenvalue weighted by molar-refractivity contribution is 5.43. The summed E-state index contributed by atoms with van der Waals surface area (Å²) in [7, 11) is 0. The quantitative estimate of drug-likeness (QED) is 0.574. The molecular weight excluding hydrogens is 302 g/mol.